The molecule has 0 fully saturated rings. The molecular weight excluding hydrogens is 414 g/mol. The largest absolute Gasteiger partial charge is 0.493 e. The summed E-state index contributed by atoms with van der Waals surface area (Å²) in [7, 11) is 0. The number of aromatic nitrogens is 1. The second-order valence-corrected chi connectivity index (χ2v) is 7.84. The standard InChI is InChI=1S/C28H31NO4/c1-3-4-5-6-10-13-27-29-26(21(2)33-27)18-19-32-24-16-14-22(15-17-24)20-25(28(30)31)23-11-8-7-9-12-23/h3-4,6-12,14-17,25H,5,13,18-20H2,1-2H3,(H,30,31)/b4-3-,10-6-. The summed E-state index contributed by atoms with van der Waals surface area (Å²) in [6.45, 7) is 4.43. The Hall–Kier alpha value is -3.60. The van der Waals surface area contributed by atoms with Crippen LogP contribution in [-0.2, 0) is 24.1 Å². The van der Waals surface area contributed by atoms with Gasteiger partial charge in [0, 0.05) is 12.8 Å². The predicted octanol–water partition coefficient (Wildman–Crippen LogP) is 6.08. The molecule has 1 atom stereocenters. The van der Waals surface area contributed by atoms with Crippen molar-refractivity contribution in [2.75, 3.05) is 6.61 Å². The fourth-order valence-electron chi connectivity index (χ4n) is 3.56. The zero-order valence-electron chi connectivity index (χ0n) is 19.2. The number of allylic oxidation sites excluding steroid dienone is 4. The van der Waals surface area contributed by atoms with E-state index < -0.39 is 11.9 Å². The minimum Gasteiger partial charge on any atom is -0.493 e. The van der Waals surface area contributed by atoms with Gasteiger partial charge in [0.25, 0.3) is 0 Å². The average molecular weight is 446 g/mol. The highest BCUT2D eigenvalue weighted by Crippen LogP contribution is 2.23. The highest BCUT2D eigenvalue weighted by molar-refractivity contribution is 5.76. The summed E-state index contributed by atoms with van der Waals surface area (Å²) < 4.78 is 11.6. The molecule has 0 radical (unpaired) electrons. The Morgan fingerprint density at radius 1 is 1.09 bits per heavy atom. The Bertz CT molecular complexity index is 1070. The van der Waals surface area contributed by atoms with E-state index in [2.05, 4.69) is 23.2 Å². The van der Waals surface area contributed by atoms with Crippen LogP contribution in [0.5, 0.6) is 5.75 Å². The molecule has 1 aromatic heterocycles. The van der Waals surface area contributed by atoms with Crippen LogP contribution in [0.2, 0.25) is 0 Å². The molecule has 1 unspecified atom stereocenters. The summed E-state index contributed by atoms with van der Waals surface area (Å²) in [5, 5.41) is 9.63. The second-order valence-electron chi connectivity index (χ2n) is 7.84. The molecule has 1 heterocycles. The van der Waals surface area contributed by atoms with E-state index in [1.807, 2.05) is 74.5 Å². The van der Waals surface area contributed by atoms with Crippen LogP contribution in [0.15, 0.2) is 83.3 Å². The third-order valence-corrected chi connectivity index (χ3v) is 5.37. The molecule has 0 amide bonds. The number of aryl methyl sites for hydroxylation is 1. The van der Waals surface area contributed by atoms with Crippen LogP contribution in [0.3, 0.4) is 0 Å². The number of benzene rings is 2. The van der Waals surface area contributed by atoms with E-state index in [-0.39, 0.29) is 0 Å². The number of oxazole rings is 1. The van der Waals surface area contributed by atoms with E-state index in [1.54, 1.807) is 0 Å². The van der Waals surface area contributed by atoms with Gasteiger partial charge in [-0.3, -0.25) is 4.79 Å². The zero-order valence-corrected chi connectivity index (χ0v) is 19.2. The SMILES string of the molecule is C/C=C\C/C=C\Cc1nc(CCOc2ccc(CC(C(=O)O)c3ccccc3)cc2)c(C)o1. The smallest absolute Gasteiger partial charge is 0.311 e. The molecule has 3 rings (SSSR count). The number of carbonyl (C=O) groups is 1. The molecule has 0 aliphatic carbocycles. The number of carboxylic acids is 1. The Morgan fingerprint density at radius 3 is 2.55 bits per heavy atom. The van der Waals surface area contributed by atoms with E-state index >= 15 is 0 Å². The van der Waals surface area contributed by atoms with Gasteiger partial charge >= 0.3 is 5.97 Å². The lowest BCUT2D eigenvalue weighted by molar-refractivity contribution is -0.138. The van der Waals surface area contributed by atoms with Crippen LogP contribution in [-0.4, -0.2) is 22.7 Å². The first kappa shape index (κ1) is 24.1. The molecule has 0 spiro atoms. The average Bonchev–Trinajstić information content (AvgIpc) is 3.18. The number of nitrogens with zero attached hydrogens (tertiary/aromatic N) is 1. The maximum atomic E-state index is 11.7. The van der Waals surface area contributed by atoms with Crippen molar-refractivity contribution >= 4 is 5.97 Å². The van der Waals surface area contributed by atoms with Crippen LogP contribution >= 0.6 is 0 Å². The molecule has 3 aromatic rings. The number of hydrogen-bond acceptors (Lipinski definition) is 4. The highest BCUT2D eigenvalue weighted by Gasteiger charge is 2.20. The van der Waals surface area contributed by atoms with Gasteiger partial charge in [-0.2, -0.15) is 0 Å². The topological polar surface area (TPSA) is 72.6 Å². The van der Waals surface area contributed by atoms with E-state index in [9.17, 15) is 9.90 Å². The number of rotatable bonds is 12. The molecular formula is C28H31NO4. The third kappa shape index (κ3) is 7.49. The van der Waals surface area contributed by atoms with Crippen LogP contribution < -0.4 is 4.74 Å². The summed E-state index contributed by atoms with van der Waals surface area (Å²) in [5.41, 5.74) is 2.68. The second kappa shape index (κ2) is 12.4. The highest BCUT2D eigenvalue weighted by atomic mass is 16.5. The summed E-state index contributed by atoms with van der Waals surface area (Å²) in [4.78, 5) is 16.3. The first-order chi connectivity index (χ1) is 16.1. The Morgan fingerprint density at radius 2 is 1.85 bits per heavy atom. The molecule has 0 saturated heterocycles. The maximum Gasteiger partial charge on any atom is 0.311 e. The van der Waals surface area contributed by atoms with Gasteiger partial charge in [-0.05, 0) is 49.9 Å². The fraction of sp³-hybridized carbons (Fsp3) is 0.286. The lowest BCUT2D eigenvalue weighted by atomic mass is 9.92. The molecule has 0 saturated carbocycles. The van der Waals surface area contributed by atoms with Crippen LogP contribution in [0.25, 0.3) is 0 Å². The van der Waals surface area contributed by atoms with Crippen molar-refractivity contribution in [1.82, 2.24) is 4.98 Å². The van der Waals surface area contributed by atoms with Crippen molar-refractivity contribution < 1.29 is 19.1 Å². The molecule has 1 N–H and O–H groups in total. The molecule has 172 valence electrons. The number of hydrogen-bond donors (Lipinski definition) is 1. The van der Waals surface area contributed by atoms with Crippen LogP contribution in [0, 0.1) is 6.92 Å². The van der Waals surface area contributed by atoms with Gasteiger partial charge in [0.15, 0.2) is 5.89 Å². The molecule has 0 aliphatic heterocycles. The summed E-state index contributed by atoms with van der Waals surface area (Å²) >= 11 is 0. The van der Waals surface area contributed by atoms with E-state index in [1.165, 1.54) is 0 Å². The summed E-state index contributed by atoms with van der Waals surface area (Å²) in [6.07, 6.45) is 11.0. The van der Waals surface area contributed by atoms with E-state index in [4.69, 9.17) is 9.15 Å². The van der Waals surface area contributed by atoms with Crippen molar-refractivity contribution in [3.8, 4) is 5.75 Å². The van der Waals surface area contributed by atoms with Crippen LogP contribution in [0.4, 0.5) is 0 Å². The first-order valence-electron chi connectivity index (χ1n) is 11.3. The van der Waals surface area contributed by atoms with Gasteiger partial charge in [-0.25, -0.2) is 4.98 Å². The molecule has 5 heteroatoms. The lowest BCUT2D eigenvalue weighted by Gasteiger charge is -2.13. The Labute approximate surface area is 195 Å². The minimum absolute atomic E-state index is 0.434. The number of ether oxygens (including phenoxy) is 1. The molecule has 0 aliphatic rings. The van der Waals surface area contributed by atoms with Crippen molar-refractivity contribution in [3.05, 3.63) is 107 Å². The van der Waals surface area contributed by atoms with Crippen molar-refractivity contribution in [2.45, 2.75) is 45.4 Å². The van der Waals surface area contributed by atoms with E-state index in [0.29, 0.717) is 25.9 Å². The summed E-state index contributed by atoms with van der Waals surface area (Å²) in [5.74, 6) is 0.900. The third-order valence-electron chi connectivity index (χ3n) is 5.37. The first-order valence-corrected chi connectivity index (χ1v) is 11.3. The maximum absolute atomic E-state index is 11.7. The molecule has 33 heavy (non-hydrogen) atoms. The van der Waals surface area contributed by atoms with Crippen molar-refractivity contribution in [3.63, 3.8) is 0 Å². The molecule has 5 nitrogen and oxygen atoms in total. The Balaban J connectivity index is 1.50. The number of aliphatic carboxylic acids is 1. The molecule has 2 aromatic carbocycles. The van der Waals surface area contributed by atoms with Gasteiger partial charge < -0.3 is 14.3 Å². The van der Waals surface area contributed by atoms with Gasteiger partial charge in [0.2, 0.25) is 0 Å². The monoisotopic (exact) mass is 445 g/mol. The fourth-order valence-corrected chi connectivity index (χ4v) is 3.56. The van der Waals surface area contributed by atoms with Gasteiger partial charge in [-0.15, -0.1) is 0 Å². The van der Waals surface area contributed by atoms with Gasteiger partial charge in [0.1, 0.15) is 11.5 Å². The zero-order chi connectivity index (χ0) is 23.5. The normalized spacial score (nSPS) is 12.4. The van der Waals surface area contributed by atoms with E-state index in [0.717, 1.165) is 40.6 Å². The Kier molecular flexibility index (Phi) is 9.07. The van der Waals surface area contributed by atoms with Gasteiger partial charge in [0.05, 0.1) is 18.2 Å². The molecule has 0 bridgehead atoms. The number of carboxylic acid groups (broad SMARTS) is 1. The van der Waals surface area contributed by atoms with Crippen molar-refractivity contribution in [1.29, 1.82) is 0 Å². The minimum atomic E-state index is -0.822. The lowest BCUT2D eigenvalue weighted by Crippen LogP contribution is -2.14. The van der Waals surface area contributed by atoms with Crippen LogP contribution in [0.1, 0.15) is 47.7 Å². The van der Waals surface area contributed by atoms with Crippen molar-refractivity contribution in [2.24, 2.45) is 0 Å². The van der Waals surface area contributed by atoms with Gasteiger partial charge in [-0.1, -0.05) is 66.8 Å². The summed E-state index contributed by atoms with van der Waals surface area (Å²) in [6, 6.07) is 16.9. The predicted molar refractivity (Wildman–Crippen MR) is 130 cm³/mol. The quantitative estimate of drug-likeness (QED) is 0.342.